The van der Waals surface area contributed by atoms with Gasteiger partial charge in [-0.25, -0.2) is 14.7 Å². The van der Waals surface area contributed by atoms with Crippen molar-refractivity contribution in [3.63, 3.8) is 0 Å². The molecular formula is C19H27N5O5. The minimum atomic E-state index is -0.481. The molecule has 3 saturated heterocycles. The number of fused-ring (bicyclic) bond motifs is 2. The van der Waals surface area contributed by atoms with E-state index in [2.05, 4.69) is 10.2 Å². The van der Waals surface area contributed by atoms with Crippen LogP contribution in [0.2, 0.25) is 0 Å². The smallest absolute Gasteiger partial charge is 0.410 e. The molecular weight excluding hydrogens is 378 g/mol. The summed E-state index contributed by atoms with van der Waals surface area (Å²) in [5.41, 5.74) is -0.346. The van der Waals surface area contributed by atoms with Crippen molar-refractivity contribution in [3.05, 3.63) is 11.8 Å². The lowest BCUT2D eigenvalue weighted by Gasteiger charge is -2.57. The maximum Gasteiger partial charge on any atom is 0.410 e. The molecule has 29 heavy (non-hydrogen) atoms. The van der Waals surface area contributed by atoms with Gasteiger partial charge in [0.05, 0.1) is 6.04 Å². The third-order valence-corrected chi connectivity index (χ3v) is 6.50. The van der Waals surface area contributed by atoms with Gasteiger partial charge in [0, 0.05) is 31.0 Å². The summed E-state index contributed by atoms with van der Waals surface area (Å²) in [6.07, 6.45) is 2.99. The summed E-state index contributed by atoms with van der Waals surface area (Å²) < 4.78 is 11.4. The van der Waals surface area contributed by atoms with Crippen molar-refractivity contribution < 1.29 is 24.0 Å². The molecule has 1 saturated carbocycles. The second-order valence-electron chi connectivity index (χ2n) is 9.95. The lowest BCUT2D eigenvalue weighted by Crippen LogP contribution is -2.63. The Bertz CT molecular complexity index is 834. The first-order valence-electron chi connectivity index (χ1n) is 10.2. The van der Waals surface area contributed by atoms with Crippen LogP contribution in [0.1, 0.15) is 70.2 Å². The lowest BCUT2D eigenvalue weighted by atomic mass is 9.58. The number of hydrogen-bond donors (Lipinski definition) is 1. The summed E-state index contributed by atoms with van der Waals surface area (Å²) in [6.45, 7) is 7.51. The monoisotopic (exact) mass is 405 g/mol. The highest BCUT2D eigenvalue weighted by molar-refractivity contribution is 5.76. The van der Waals surface area contributed by atoms with E-state index in [0.717, 1.165) is 17.9 Å². The first-order chi connectivity index (χ1) is 13.6. The standard InChI is InChI=1S/C19H27N5O5/c1-18(2,3)29-17(26)22-9-19(10-22)6-11(7-19)14-20-21-15(28-14)13-5-4-12-8-23(13)16(25)24(12)27/h11-13,27H,4-10H2,1-3H3/t12-,13-/m0/s1. The van der Waals surface area contributed by atoms with Crippen LogP contribution >= 0.6 is 0 Å². The minimum Gasteiger partial charge on any atom is -0.444 e. The number of ether oxygens (including phenoxy) is 1. The van der Waals surface area contributed by atoms with Crippen molar-refractivity contribution in [1.29, 1.82) is 0 Å². The van der Waals surface area contributed by atoms with Crippen molar-refractivity contribution in [2.75, 3.05) is 19.6 Å². The van der Waals surface area contributed by atoms with Gasteiger partial charge in [-0.1, -0.05) is 0 Å². The van der Waals surface area contributed by atoms with Crippen LogP contribution in [0.15, 0.2) is 4.42 Å². The predicted octanol–water partition coefficient (Wildman–Crippen LogP) is 2.51. The molecule has 10 heteroatoms. The van der Waals surface area contributed by atoms with Crippen LogP contribution in [0.3, 0.4) is 0 Å². The van der Waals surface area contributed by atoms with Crippen molar-refractivity contribution in [2.24, 2.45) is 5.41 Å². The van der Waals surface area contributed by atoms with E-state index in [9.17, 15) is 14.8 Å². The first-order valence-corrected chi connectivity index (χ1v) is 10.2. The molecule has 1 spiro atoms. The van der Waals surface area contributed by atoms with Gasteiger partial charge in [-0.3, -0.25) is 5.21 Å². The molecule has 1 aliphatic carbocycles. The Morgan fingerprint density at radius 2 is 1.90 bits per heavy atom. The van der Waals surface area contributed by atoms with E-state index in [1.807, 2.05) is 20.8 Å². The maximum absolute atomic E-state index is 12.2. The van der Waals surface area contributed by atoms with Crippen LogP contribution in [0, 0.1) is 5.41 Å². The molecule has 1 aromatic heterocycles. The molecule has 10 nitrogen and oxygen atoms in total. The fourth-order valence-electron chi connectivity index (χ4n) is 5.09. The molecule has 2 atom stereocenters. The largest absolute Gasteiger partial charge is 0.444 e. The highest BCUT2D eigenvalue weighted by Gasteiger charge is 2.56. The summed E-state index contributed by atoms with van der Waals surface area (Å²) in [6, 6.07) is -0.798. The van der Waals surface area contributed by atoms with E-state index >= 15 is 0 Å². The number of nitrogens with zero attached hydrogens (tertiary/aromatic N) is 5. The minimum absolute atomic E-state index is 0.135. The SMILES string of the molecule is CC(C)(C)OC(=O)N1CC2(CC(c3nnc([C@@H]4CC[C@H]5CN4C(=O)N5O)o3)C2)C1. The highest BCUT2D eigenvalue weighted by Crippen LogP contribution is 2.56. The van der Waals surface area contributed by atoms with Crippen molar-refractivity contribution in [2.45, 2.75) is 70.1 Å². The van der Waals surface area contributed by atoms with Gasteiger partial charge in [0.1, 0.15) is 11.6 Å². The van der Waals surface area contributed by atoms with Crippen LogP contribution in [0.4, 0.5) is 9.59 Å². The van der Waals surface area contributed by atoms with Crippen molar-refractivity contribution in [1.82, 2.24) is 25.1 Å². The molecule has 0 unspecified atom stereocenters. The Labute approximate surface area is 168 Å². The molecule has 4 aliphatic rings. The van der Waals surface area contributed by atoms with Gasteiger partial charge in [0.2, 0.25) is 11.8 Å². The van der Waals surface area contributed by atoms with Crippen molar-refractivity contribution in [3.8, 4) is 0 Å². The third-order valence-electron chi connectivity index (χ3n) is 6.50. The number of amides is 3. The molecule has 1 N–H and O–H groups in total. The molecule has 2 bridgehead atoms. The number of hydrogen-bond acceptors (Lipinski definition) is 7. The zero-order chi connectivity index (χ0) is 20.6. The Balaban J connectivity index is 1.17. The number of carbonyl (C=O) groups excluding carboxylic acids is 2. The Morgan fingerprint density at radius 3 is 2.59 bits per heavy atom. The molecule has 0 aromatic carbocycles. The summed E-state index contributed by atoms with van der Waals surface area (Å²) in [7, 11) is 0. The second-order valence-corrected chi connectivity index (χ2v) is 9.95. The van der Waals surface area contributed by atoms with E-state index in [1.54, 1.807) is 9.80 Å². The van der Waals surface area contributed by atoms with Gasteiger partial charge in [-0.2, -0.15) is 0 Å². The van der Waals surface area contributed by atoms with Crippen LogP contribution < -0.4 is 0 Å². The maximum atomic E-state index is 12.2. The number of carbonyl (C=O) groups is 2. The van der Waals surface area contributed by atoms with Gasteiger partial charge in [-0.15, -0.1) is 10.2 Å². The normalized spacial score (nSPS) is 28.6. The number of piperidine rings is 1. The first kappa shape index (κ1) is 18.7. The quantitative estimate of drug-likeness (QED) is 0.752. The van der Waals surface area contributed by atoms with E-state index in [-0.39, 0.29) is 29.5 Å². The number of rotatable bonds is 2. The summed E-state index contributed by atoms with van der Waals surface area (Å²) >= 11 is 0. The summed E-state index contributed by atoms with van der Waals surface area (Å²) in [5.74, 6) is 1.25. The van der Waals surface area contributed by atoms with Gasteiger partial charge >= 0.3 is 12.1 Å². The fraction of sp³-hybridized carbons (Fsp3) is 0.789. The lowest BCUT2D eigenvalue weighted by molar-refractivity contribution is -0.0822. The molecule has 1 aromatic rings. The van der Waals surface area contributed by atoms with Crippen LogP contribution in [-0.4, -0.2) is 73.7 Å². The molecule has 4 heterocycles. The second kappa shape index (κ2) is 6.07. The molecule has 4 fully saturated rings. The van der Waals surface area contributed by atoms with E-state index in [1.165, 1.54) is 0 Å². The molecule has 3 amide bonds. The zero-order valence-corrected chi connectivity index (χ0v) is 17.0. The third kappa shape index (κ3) is 3.04. The number of urea groups is 1. The Hall–Kier alpha value is -2.36. The van der Waals surface area contributed by atoms with Crippen molar-refractivity contribution >= 4 is 12.1 Å². The summed E-state index contributed by atoms with van der Waals surface area (Å²) in [4.78, 5) is 27.6. The number of aromatic nitrogens is 2. The van der Waals surface area contributed by atoms with Crippen LogP contribution in [0.5, 0.6) is 0 Å². The van der Waals surface area contributed by atoms with E-state index < -0.39 is 11.6 Å². The van der Waals surface area contributed by atoms with Gasteiger partial charge in [0.25, 0.3) is 0 Å². The Kier molecular flexibility index (Phi) is 3.90. The zero-order valence-electron chi connectivity index (χ0n) is 17.0. The topological polar surface area (TPSA) is 112 Å². The fourth-order valence-corrected chi connectivity index (χ4v) is 5.09. The highest BCUT2D eigenvalue weighted by atomic mass is 16.6. The van der Waals surface area contributed by atoms with Gasteiger partial charge in [-0.05, 0) is 46.5 Å². The van der Waals surface area contributed by atoms with Gasteiger partial charge in [0.15, 0.2) is 0 Å². The predicted molar refractivity (Wildman–Crippen MR) is 98.0 cm³/mol. The summed E-state index contributed by atoms with van der Waals surface area (Å²) in [5, 5.41) is 19.1. The molecule has 5 rings (SSSR count). The molecule has 3 aliphatic heterocycles. The van der Waals surface area contributed by atoms with Crippen LogP contribution in [0.25, 0.3) is 0 Å². The number of likely N-dealkylation sites (tertiary alicyclic amines) is 1. The van der Waals surface area contributed by atoms with Crippen LogP contribution in [-0.2, 0) is 4.74 Å². The number of hydroxylamine groups is 2. The van der Waals surface area contributed by atoms with Gasteiger partial charge < -0.3 is 19.0 Å². The average molecular weight is 405 g/mol. The Morgan fingerprint density at radius 1 is 1.21 bits per heavy atom. The molecule has 158 valence electrons. The molecule has 0 radical (unpaired) electrons. The van der Waals surface area contributed by atoms with E-state index in [0.29, 0.717) is 44.3 Å². The van der Waals surface area contributed by atoms with E-state index in [4.69, 9.17) is 9.15 Å². The average Bonchev–Trinajstić information content (AvgIpc) is 3.12.